The van der Waals surface area contributed by atoms with Gasteiger partial charge < -0.3 is 14.6 Å². The summed E-state index contributed by atoms with van der Waals surface area (Å²) in [5.41, 5.74) is 2.05. The molecule has 0 atom stereocenters. The lowest BCUT2D eigenvalue weighted by Gasteiger charge is -2.11. The fourth-order valence-corrected chi connectivity index (χ4v) is 2.34. The standard InChI is InChI=1S/C14H16O3S/c1-16-13-3-2-12(9-15)14(8-13)17-6-4-11-5-7-18-10-11/h2-3,5,7-8,10,15H,4,6,9H2,1H3. The van der Waals surface area contributed by atoms with Crippen LogP contribution in [0.5, 0.6) is 11.5 Å². The Morgan fingerprint density at radius 2 is 2.17 bits per heavy atom. The Hall–Kier alpha value is -1.52. The Kier molecular flexibility index (Phi) is 4.61. The molecule has 0 aliphatic heterocycles. The Morgan fingerprint density at radius 1 is 1.28 bits per heavy atom. The molecule has 18 heavy (non-hydrogen) atoms. The van der Waals surface area contributed by atoms with Crippen LogP contribution in [0, 0.1) is 0 Å². The fourth-order valence-electron chi connectivity index (χ4n) is 1.64. The van der Waals surface area contributed by atoms with Crippen molar-refractivity contribution in [3.05, 3.63) is 46.2 Å². The third kappa shape index (κ3) is 3.24. The molecule has 1 N–H and O–H groups in total. The Morgan fingerprint density at radius 3 is 2.83 bits per heavy atom. The van der Waals surface area contributed by atoms with Crippen LogP contribution >= 0.6 is 11.3 Å². The number of rotatable bonds is 6. The van der Waals surface area contributed by atoms with Crippen LogP contribution < -0.4 is 9.47 Å². The molecule has 96 valence electrons. The zero-order chi connectivity index (χ0) is 12.8. The summed E-state index contributed by atoms with van der Waals surface area (Å²) in [6.07, 6.45) is 0.867. The molecule has 0 saturated carbocycles. The van der Waals surface area contributed by atoms with Gasteiger partial charge in [-0.05, 0) is 34.5 Å². The van der Waals surface area contributed by atoms with Crippen molar-refractivity contribution in [2.24, 2.45) is 0 Å². The lowest BCUT2D eigenvalue weighted by atomic mass is 10.2. The maximum atomic E-state index is 9.25. The Labute approximate surface area is 111 Å². The first kappa shape index (κ1) is 12.9. The molecular weight excluding hydrogens is 248 g/mol. The van der Waals surface area contributed by atoms with E-state index in [1.807, 2.05) is 12.1 Å². The monoisotopic (exact) mass is 264 g/mol. The van der Waals surface area contributed by atoms with Gasteiger partial charge in [0.05, 0.1) is 20.3 Å². The smallest absolute Gasteiger partial charge is 0.128 e. The highest BCUT2D eigenvalue weighted by Gasteiger charge is 2.05. The minimum Gasteiger partial charge on any atom is -0.497 e. The maximum Gasteiger partial charge on any atom is 0.128 e. The van der Waals surface area contributed by atoms with Crippen LogP contribution in [0.1, 0.15) is 11.1 Å². The Bertz CT molecular complexity index is 480. The molecule has 3 nitrogen and oxygen atoms in total. The molecule has 0 bridgehead atoms. The van der Waals surface area contributed by atoms with Crippen LogP contribution in [0.15, 0.2) is 35.0 Å². The number of methoxy groups -OCH3 is 1. The summed E-state index contributed by atoms with van der Waals surface area (Å²) in [6.45, 7) is 0.564. The first-order chi connectivity index (χ1) is 8.83. The van der Waals surface area contributed by atoms with Crippen LogP contribution in [0.2, 0.25) is 0 Å². The van der Waals surface area contributed by atoms with E-state index in [9.17, 15) is 5.11 Å². The van der Waals surface area contributed by atoms with Gasteiger partial charge >= 0.3 is 0 Å². The van der Waals surface area contributed by atoms with Gasteiger partial charge in [0.15, 0.2) is 0 Å². The highest BCUT2D eigenvalue weighted by Crippen LogP contribution is 2.25. The third-order valence-corrected chi connectivity index (χ3v) is 3.41. The van der Waals surface area contributed by atoms with Gasteiger partial charge in [-0.1, -0.05) is 0 Å². The second-order valence-electron chi connectivity index (χ2n) is 3.86. The van der Waals surface area contributed by atoms with Crippen molar-refractivity contribution < 1.29 is 14.6 Å². The van der Waals surface area contributed by atoms with Gasteiger partial charge in [0.1, 0.15) is 11.5 Å². The predicted octanol–water partition coefficient (Wildman–Crippen LogP) is 2.87. The van der Waals surface area contributed by atoms with E-state index in [1.54, 1.807) is 24.5 Å². The molecule has 1 aromatic carbocycles. The first-order valence-electron chi connectivity index (χ1n) is 5.75. The van der Waals surface area contributed by atoms with E-state index in [4.69, 9.17) is 9.47 Å². The minimum absolute atomic E-state index is 0.0300. The average molecular weight is 264 g/mol. The van der Waals surface area contributed by atoms with Crippen molar-refractivity contribution in [2.75, 3.05) is 13.7 Å². The van der Waals surface area contributed by atoms with Gasteiger partial charge in [0.25, 0.3) is 0 Å². The lowest BCUT2D eigenvalue weighted by molar-refractivity contribution is 0.263. The van der Waals surface area contributed by atoms with Gasteiger partial charge in [-0.15, -0.1) is 0 Å². The van der Waals surface area contributed by atoms with E-state index >= 15 is 0 Å². The summed E-state index contributed by atoms with van der Waals surface area (Å²) in [6, 6.07) is 7.53. The summed E-state index contributed by atoms with van der Waals surface area (Å²) in [5.74, 6) is 1.42. The van der Waals surface area contributed by atoms with Crippen LogP contribution in [0.4, 0.5) is 0 Å². The number of ether oxygens (including phenoxy) is 2. The molecule has 0 aliphatic carbocycles. The first-order valence-corrected chi connectivity index (χ1v) is 6.69. The molecular formula is C14H16O3S. The zero-order valence-corrected chi connectivity index (χ0v) is 11.1. The quantitative estimate of drug-likeness (QED) is 0.872. The normalized spacial score (nSPS) is 10.3. The largest absolute Gasteiger partial charge is 0.497 e. The second-order valence-corrected chi connectivity index (χ2v) is 4.64. The van der Waals surface area contributed by atoms with Crippen molar-refractivity contribution in [3.63, 3.8) is 0 Å². The van der Waals surface area contributed by atoms with E-state index in [2.05, 4.69) is 16.8 Å². The average Bonchev–Trinajstić information content (AvgIpc) is 2.92. The number of hydrogen-bond acceptors (Lipinski definition) is 4. The Balaban J connectivity index is 1.98. The van der Waals surface area contributed by atoms with Crippen LogP contribution in [0.25, 0.3) is 0 Å². The minimum atomic E-state index is -0.0300. The molecule has 0 unspecified atom stereocenters. The fraction of sp³-hybridized carbons (Fsp3) is 0.286. The predicted molar refractivity (Wildman–Crippen MR) is 72.4 cm³/mol. The number of thiophene rings is 1. The van der Waals surface area contributed by atoms with Crippen molar-refractivity contribution in [1.29, 1.82) is 0 Å². The van der Waals surface area contributed by atoms with E-state index in [-0.39, 0.29) is 6.61 Å². The van der Waals surface area contributed by atoms with Gasteiger partial charge in [-0.25, -0.2) is 0 Å². The highest BCUT2D eigenvalue weighted by atomic mass is 32.1. The molecule has 0 radical (unpaired) electrons. The van der Waals surface area contributed by atoms with Crippen LogP contribution in [-0.2, 0) is 13.0 Å². The molecule has 0 amide bonds. The highest BCUT2D eigenvalue weighted by molar-refractivity contribution is 7.07. The van der Waals surface area contributed by atoms with Crippen LogP contribution in [0.3, 0.4) is 0 Å². The van der Waals surface area contributed by atoms with Gasteiger partial charge in [0.2, 0.25) is 0 Å². The second kappa shape index (κ2) is 6.42. The molecule has 4 heteroatoms. The molecule has 2 rings (SSSR count). The van der Waals surface area contributed by atoms with Crippen molar-refractivity contribution in [1.82, 2.24) is 0 Å². The molecule has 2 aromatic rings. The number of hydrogen-bond donors (Lipinski definition) is 1. The van der Waals surface area contributed by atoms with Gasteiger partial charge in [-0.2, -0.15) is 11.3 Å². The lowest BCUT2D eigenvalue weighted by Crippen LogP contribution is -2.03. The van der Waals surface area contributed by atoms with E-state index < -0.39 is 0 Å². The topological polar surface area (TPSA) is 38.7 Å². The van der Waals surface area contributed by atoms with E-state index in [1.165, 1.54) is 5.56 Å². The number of aliphatic hydroxyl groups excluding tert-OH is 1. The molecule has 0 saturated heterocycles. The molecule has 0 aliphatic rings. The third-order valence-electron chi connectivity index (χ3n) is 2.67. The van der Waals surface area contributed by atoms with Crippen molar-refractivity contribution >= 4 is 11.3 Å². The summed E-state index contributed by atoms with van der Waals surface area (Å²) < 4.78 is 10.9. The molecule has 0 fully saturated rings. The number of aliphatic hydroxyl groups is 1. The van der Waals surface area contributed by atoms with Crippen LogP contribution in [-0.4, -0.2) is 18.8 Å². The van der Waals surface area contributed by atoms with E-state index in [0.717, 1.165) is 17.7 Å². The zero-order valence-electron chi connectivity index (χ0n) is 10.3. The van der Waals surface area contributed by atoms with Crippen molar-refractivity contribution in [2.45, 2.75) is 13.0 Å². The summed E-state index contributed by atoms with van der Waals surface area (Å²) in [5, 5.41) is 13.4. The molecule has 1 aromatic heterocycles. The van der Waals surface area contributed by atoms with Gasteiger partial charge in [0, 0.05) is 18.1 Å². The molecule has 0 spiro atoms. The van der Waals surface area contributed by atoms with Crippen molar-refractivity contribution in [3.8, 4) is 11.5 Å². The molecule has 1 heterocycles. The summed E-state index contributed by atoms with van der Waals surface area (Å²) in [7, 11) is 1.61. The van der Waals surface area contributed by atoms with E-state index in [0.29, 0.717) is 12.4 Å². The number of benzene rings is 1. The summed E-state index contributed by atoms with van der Waals surface area (Å²) >= 11 is 1.68. The van der Waals surface area contributed by atoms with Gasteiger partial charge in [-0.3, -0.25) is 0 Å². The maximum absolute atomic E-state index is 9.25. The SMILES string of the molecule is COc1ccc(CO)c(OCCc2ccsc2)c1. The summed E-state index contributed by atoms with van der Waals surface area (Å²) in [4.78, 5) is 0.